The lowest BCUT2D eigenvalue weighted by molar-refractivity contribution is 0.586. The van der Waals surface area contributed by atoms with Gasteiger partial charge in [0, 0.05) is 11.7 Å². The maximum absolute atomic E-state index is 11.3. The minimum Gasteiger partial charge on any atom is -0.382 e. The van der Waals surface area contributed by atoms with Gasteiger partial charge >= 0.3 is 0 Å². The lowest BCUT2D eigenvalue weighted by atomic mass is 10.1. The molecule has 4 nitrogen and oxygen atoms in total. The molecule has 1 aromatic rings. The third kappa shape index (κ3) is 5.82. The fourth-order valence-electron chi connectivity index (χ4n) is 2.29. The van der Waals surface area contributed by atoms with E-state index in [9.17, 15) is 8.42 Å². The number of aryl methyl sites for hydroxylation is 1. The summed E-state index contributed by atoms with van der Waals surface area (Å²) in [5.41, 5.74) is 2.61. The van der Waals surface area contributed by atoms with Gasteiger partial charge in [0.2, 0.25) is 10.0 Å². The number of benzene rings is 1. The van der Waals surface area contributed by atoms with Gasteiger partial charge in [-0.3, -0.25) is 4.72 Å². The third-order valence-corrected chi connectivity index (χ3v) is 3.76. The molecule has 0 bridgehead atoms. The van der Waals surface area contributed by atoms with E-state index in [0.29, 0.717) is 11.7 Å². The zero-order valence-corrected chi connectivity index (χ0v) is 13.7. The Morgan fingerprint density at radius 3 is 2.20 bits per heavy atom. The van der Waals surface area contributed by atoms with Crippen molar-refractivity contribution in [3.63, 3.8) is 0 Å². The molecular formula is C15H26N2O2S. The largest absolute Gasteiger partial charge is 0.382 e. The average molecular weight is 298 g/mol. The molecule has 0 radical (unpaired) electrons. The van der Waals surface area contributed by atoms with E-state index in [0.717, 1.165) is 43.2 Å². The molecule has 0 aromatic heterocycles. The molecule has 1 rings (SSSR count). The number of hydrogen-bond donors (Lipinski definition) is 2. The lowest BCUT2D eigenvalue weighted by Gasteiger charge is -2.19. The van der Waals surface area contributed by atoms with E-state index in [1.807, 2.05) is 25.1 Å². The summed E-state index contributed by atoms with van der Waals surface area (Å²) in [5.74, 6) is 0. The first-order valence-corrected chi connectivity index (χ1v) is 9.09. The third-order valence-electron chi connectivity index (χ3n) is 3.17. The zero-order chi connectivity index (χ0) is 15.2. The molecule has 0 aliphatic heterocycles. The summed E-state index contributed by atoms with van der Waals surface area (Å²) < 4.78 is 25.0. The van der Waals surface area contributed by atoms with Crippen molar-refractivity contribution < 1.29 is 8.42 Å². The van der Waals surface area contributed by atoms with Crippen molar-refractivity contribution in [3.8, 4) is 0 Å². The Morgan fingerprint density at radius 1 is 1.15 bits per heavy atom. The molecule has 0 aliphatic rings. The molecular weight excluding hydrogens is 272 g/mol. The van der Waals surface area contributed by atoms with Crippen molar-refractivity contribution >= 4 is 21.4 Å². The van der Waals surface area contributed by atoms with E-state index in [4.69, 9.17) is 0 Å². The van der Waals surface area contributed by atoms with Crippen molar-refractivity contribution in [3.05, 3.63) is 23.8 Å². The Labute approximate surface area is 123 Å². The van der Waals surface area contributed by atoms with Gasteiger partial charge in [-0.2, -0.15) is 0 Å². The summed E-state index contributed by atoms with van der Waals surface area (Å²) in [6.07, 6.45) is 5.78. The highest BCUT2D eigenvalue weighted by molar-refractivity contribution is 7.92. The molecule has 0 spiro atoms. The topological polar surface area (TPSA) is 58.2 Å². The van der Waals surface area contributed by atoms with Crippen LogP contribution in [0.2, 0.25) is 0 Å². The number of sulfonamides is 1. The maximum Gasteiger partial charge on any atom is 0.229 e. The fraction of sp³-hybridized carbons (Fsp3) is 0.600. The van der Waals surface area contributed by atoms with Crippen LogP contribution in [0.5, 0.6) is 0 Å². The van der Waals surface area contributed by atoms with Crippen LogP contribution in [0.4, 0.5) is 11.4 Å². The van der Waals surface area contributed by atoms with Crippen LogP contribution in [0.15, 0.2) is 18.2 Å². The minimum atomic E-state index is -3.22. The van der Waals surface area contributed by atoms with Crippen molar-refractivity contribution in [2.45, 2.75) is 52.5 Å². The molecule has 0 amide bonds. The first kappa shape index (κ1) is 16.8. The van der Waals surface area contributed by atoms with Gasteiger partial charge in [0.1, 0.15) is 0 Å². The highest BCUT2D eigenvalue weighted by atomic mass is 32.2. The van der Waals surface area contributed by atoms with E-state index in [1.165, 1.54) is 0 Å². The van der Waals surface area contributed by atoms with E-state index in [2.05, 4.69) is 23.9 Å². The summed E-state index contributed by atoms with van der Waals surface area (Å²) in [6, 6.07) is 6.22. The first-order chi connectivity index (χ1) is 9.35. The molecule has 0 saturated carbocycles. The molecule has 0 aliphatic carbocycles. The van der Waals surface area contributed by atoms with Crippen molar-refractivity contribution in [1.29, 1.82) is 0 Å². The number of hydrogen-bond acceptors (Lipinski definition) is 3. The Balaban J connectivity index is 2.80. The summed E-state index contributed by atoms with van der Waals surface area (Å²) in [5, 5.41) is 3.53. The summed E-state index contributed by atoms with van der Waals surface area (Å²) in [6.45, 7) is 6.29. The fourth-order valence-corrected chi connectivity index (χ4v) is 2.92. The molecule has 20 heavy (non-hydrogen) atoms. The van der Waals surface area contributed by atoms with Crippen LogP contribution in [0.3, 0.4) is 0 Å². The smallest absolute Gasteiger partial charge is 0.229 e. The van der Waals surface area contributed by atoms with Crippen LogP contribution in [0, 0.1) is 6.92 Å². The second kappa shape index (κ2) is 7.53. The Hall–Kier alpha value is -1.23. The van der Waals surface area contributed by atoms with Crippen molar-refractivity contribution in [2.24, 2.45) is 0 Å². The van der Waals surface area contributed by atoms with E-state index < -0.39 is 10.0 Å². The van der Waals surface area contributed by atoms with Gasteiger partial charge in [-0.1, -0.05) is 26.7 Å². The normalized spacial score (nSPS) is 11.7. The van der Waals surface area contributed by atoms with Crippen molar-refractivity contribution in [1.82, 2.24) is 0 Å². The van der Waals surface area contributed by atoms with Crippen LogP contribution in [0.25, 0.3) is 0 Å². The van der Waals surface area contributed by atoms with Crippen LogP contribution in [-0.4, -0.2) is 20.7 Å². The number of nitrogens with one attached hydrogen (secondary N) is 2. The quantitative estimate of drug-likeness (QED) is 0.768. The summed E-state index contributed by atoms with van der Waals surface area (Å²) in [4.78, 5) is 0. The van der Waals surface area contributed by atoms with Gasteiger partial charge in [-0.25, -0.2) is 8.42 Å². The number of rotatable bonds is 8. The van der Waals surface area contributed by atoms with Crippen LogP contribution >= 0.6 is 0 Å². The first-order valence-electron chi connectivity index (χ1n) is 7.20. The monoisotopic (exact) mass is 298 g/mol. The minimum absolute atomic E-state index is 0.484. The lowest BCUT2D eigenvalue weighted by Crippen LogP contribution is -2.19. The molecule has 1 aromatic carbocycles. The second-order valence-electron chi connectivity index (χ2n) is 5.32. The van der Waals surface area contributed by atoms with Gasteiger partial charge in [-0.15, -0.1) is 0 Å². The molecule has 0 saturated heterocycles. The summed E-state index contributed by atoms with van der Waals surface area (Å²) in [7, 11) is -3.22. The molecule has 0 unspecified atom stereocenters. The average Bonchev–Trinajstić information content (AvgIpc) is 2.32. The van der Waals surface area contributed by atoms with Crippen LogP contribution in [0.1, 0.15) is 45.1 Å². The van der Waals surface area contributed by atoms with Gasteiger partial charge in [0.15, 0.2) is 0 Å². The highest BCUT2D eigenvalue weighted by Crippen LogP contribution is 2.22. The van der Waals surface area contributed by atoms with Gasteiger partial charge in [0.25, 0.3) is 0 Å². The molecule has 0 fully saturated rings. The molecule has 5 heteroatoms. The van der Waals surface area contributed by atoms with Gasteiger partial charge < -0.3 is 5.32 Å². The van der Waals surface area contributed by atoms with E-state index >= 15 is 0 Å². The SMILES string of the molecule is CCCC(CCC)Nc1ccc(NS(C)(=O)=O)c(C)c1. The van der Waals surface area contributed by atoms with E-state index in [-0.39, 0.29) is 0 Å². The Kier molecular flexibility index (Phi) is 6.33. The molecule has 114 valence electrons. The predicted molar refractivity (Wildman–Crippen MR) is 86.9 cm³/mol. The second-order valence-corrected chi connectivity index (χ2v) is 7.07. The standard InChI is InChI=1S/C15H26N2O2S/c1-5-7-13(8-6-2)16-14-9-10-15(12(3)11-14)17-20(4,18)19/h9-11,13,16-17H,5-8H2,1-4H3. The molecule has 2 N–H and O–H groups in total. The number of anilines is 2. The van der Waals surface area contributed by atoms with Crippen LogP contribution in [-0.2, 0) is 10.0 Å². The maximum atomic E-state index is 11.3. The molecule has 0 atom stereocenters. The van der Waals surface area contributed by atoms with E-state index in [1.54, 1.807) is 0 Å². The predicted octanol–water partition coefficient (Wildman–Crippen LogP) is 3.75. The Bertz CT molecular complexity index is 521. The molecule has 0 heterocycles. The highest BCUT2D eigenvalue weighted by Gasteiger charge is 2.09. The van der Waals surface area contributed by atoms with Crippen LogP contribution < -0.4 is 10.0 Å². The van der Waals surface area contributed by atoms with Crippen molar-refractivity contribution in [2.75, 3.05) is 16.3 Å². The Morgan fingerprint density at radius 2 is 1.75 bits per heavy atom. The van der Waals surface area contributed by atoms with Gasteiger partial charge in [0.05, 0.1) is 11.9 Å². The summed E-state index contributed by atoms with van der Waals surface area (Å²) >= 11 is 0. The van der Waals surface area contributed by atoms with Gasteiger partial charge in [-0.05, 0) is 43.5 Å². The zero-order valence-electron chi connectivity index (χ0n) is 12.9.